The molecule has 0 aromatic rings. The summed E-state index contributed by atoms with van der Waals surface area (Å²) in [5.41, 5.74) is 0.0903. The predicted octanol–water partition coefficient (Wildman–Crippen LogP) is 2.86. The van der Waals surface area contributed by atoms with Gasteiger partial charge in [-0.3, -0.25) is 4.79 Å². The molecule has 2 aliphatic rings. The molecule has 2 rings (SSSR count). The molecule has 0 amide bonds. The Kier molecular flexibility index (Phi) is 2.03. The highest BCUT2D eigenvalue weighted by Crippen LogP contribution is 2.43. The Morgan fingerprint density at radius 3 is 2.50 bits per heavy atom. The molecule has 0 aromatic heterocycles. The summed E-state index contributed by atoms with van der Waals surface area (Å²) >= 11 is 0. The van der Waals surface area contributed by atoms with E-state index in [1.807, 2.05) is 12.2 Å². The first-order valence-electron chi connectivity index (χ1n) is 5.05. The number of carbonyl (C=O) groups excluding carboxylic acids is 1. The van der Waals surface area contributed by atoms with Gasteiger partial charge in [-0.25, -0.2) is 0 Å². The van der Waals surface area contributed by atoms with Crippen LogP contribution in [0.4, 0.5) is 0 Å². The van der Waals surface area contributed by atoms with E-state index in [9.17, 15) is 4.79 Å². The SMILES string of the molecule is O=C1C=CCCC12CCCCC2. The van der Waals surface area contributed by atoms with Crippen LogP contribution in [0.3, 0.4) is 0 Å². The van der Waals surface area contributed by atoms with Crippen LogP contribution in [0.5, 0.6) is 0 Å². The summed E-state index contributed by atoms with van der Waals surface area (Å²) in [5, 5.41) is 0. The van der Waals surface area contributed by atoms with Crippen LogP contribution >= 0.6 is 0 Å². The normalized spacial score (nSPS) is 27.8. The summed E-state index contributed by atoms with van der Waals surface area (Å²) in [6.45, 7) is 0. The molecule has 66 valence electrons. The molecule has 1 heteroatoms. The van der Waals surface area contributed by atoms with Crippen LogP contribution < -0.4 is 0 Å². The second-order valence-electron chi connectivity index (χ2n) is 4.15. The fourth-order valence-electron chi connectivity index (χ4n) is 2.57. The molecule has 0 aliphatic heterocycles. The number of ketones is 1. The second-order valence-corrected chi connectivity index (χ2v) is 4.15. The number of hydrogen-bond donors (Lipinski definition) is 0. The molecule has 2 aliphatic carbocycles. The minimum Gasteiger partial charge on any atom is -0.294 e. The Balaban J connectivity index is 2.17. The van der Waals surface area contributed by atoms with Crippen molar-refractivity contribution in [3.05, 3.63) is 12.2 Å². The van der Waals surface area contributed by atoms with Crippen molar-refractivity contribution < 1.29 is 4.79 Å². The molecule has 0 N–H and O–H groups in total. The zero-order valence-electron chi connectivity index (χ0n) is 7.51. The van der Waals surface area contributed by atoms with Gasteiger partial charge in [-0.1, -0.05) is 25.3 Å². The van der Waals surface area contributed by atoms with Crippen LogP contribution in [-0.2, 0) is 4.79 Å². The number of hydrogen-bond acceptors (Lipinski definition) is 1. The number of rotatable bonds is 0. The third-order valence-electron chi connectivity index (χ3n) is 3.39. The first kappa shape index (κ1) is 8.03. The van der Waals surface area contributed by atoms with Crippen molar-refractivity contribution in [2.75, 3.05) is 0 Å². The van der Waals surface area contributed by atoms with E-state index < -0.39 is 0 Å². The summed E-state index contributed by atoms with van der Waals surface area (Å²) in [4.78, 5) is 11.7. The molecule has 1 nitrogen and oxygen atoms in total. The van der Waals surface area contributed by atoms with Crippen molar-refractivity contribution >= 4 is 5.78 Å². The standard InChI is InChI=1S/C11H16O/c12-10-6-2-5-9-11(10)7-3-1-4-8-11/h2,6H,1,3-5,7-9H2. The molecule has 0 saturated heterocycles. The third kappa shape index (κ3) is 1.21. The molecule has 12 heavy (non-hydrogen) atoms. The van der Waals surface area contributed by atoms with E-state index in [0.717, 1.165) is 25.7 Å². The largest absolute Gasteiger partial charge is 0.294 e. The third-order valence-corrected chi connectivity index (χ3v) is 3.39. The van der Waals surface area contributed by atoms with Gasteiger partial charge in [-0.05, 0) is 31.8 Å². The highest BCUT2D eigenvalue weighted by molar-refractivity contribution is 5.95. The monoisotopic (exact) mass is 164 g/mol. The van der Waals surface area contributed by atoms with E-state index in [2.05, 4.69) is 0 Å². The Morgan fingerprint density at radius 1 is 1.08 bits per heavy atom. The summed E-state index contributed by atoms with van der Waals surface area (Å²) in [6.07, 6.45) is 12.2. The molecule has 0 unspecified atom stereocenters. The average molecular weight is 164 g/mol. The van der Waals surface area contributed by atoms with Crippen LogP contribution in [0, 0.1) is 5.41 Å². The highest BCUT2D eigenvalue weighted by atomic mass is 16.1. The van der Waals surface area contributed by atoms with Gasteiger partial charge < -0.3 is 0 Å². The lowest BCUT2D eigenvalue weighted by atomic mass is 9.66. The maximum absolute atomic E-state index is 11.7. The Hall–Kier alpha value is -0.590. The van der Waals surface area contributed by atoms with Gasteiger partial charge in [0, 0.05) is 5.41 Å². The van der Waals surface area contributed by atoms with E-state index in [1.54, 1.807) is 0 Å². The lowest BCUT2D eigenvalue weighted by molar-refractivity contribution is -0.126. The Labute approximate surface area is 73.8 Å². The number of allylic oxidation sites excluding steroid dienone is 2. The molecule has 1 fully saturated rings. The lowest BCUT2D eigenvalue weighted by Crippen LogP contribution is -2.33. The number of carbonyl (C=O) groups is 1. The fraction of sp³-hybridized carbons (Fsp3) is 0.727. The Bertz CT molecular complexity index is 209. The van der Waals surface area contributed by atoms with Gasteiger partial charge in [-0.15, -0.1) is 0 Å². The maximum Gasteiger partial charge on any atom is 0.161 e. The molecule has 1 spiro atoms. The lowest BCUT2D eigenvalue weighted by Gasteiger charge is -2.36. The second kappa shape index (κ2) is 3.04. The van der Waals surface area contributed by atoms with Gasteiger partial charge in [0.1, 0.15) is 0 Å². The summed E-state index contributed by atoms with van der Waals surface area (Å²) in [5.74, 6) is 0.411. The van der Waals surface area contributed by atoms with Gasteiger partial charge >= 0.3 is 0 Å². The summed E-state index contributed by atoms with van der Waals surface area (Å²) < 4.78 is 0. The van der Waals surface area contributed by atoms with E-state index in [4.69, 9.17) is 0 Å². The summed E-state index contributed by atoms with van der Waals surface area (Å²) in [6, 6.07) is 0. The summed E-state index contributed by atoms with van der Waals surface area (Å²) in [7, 11) is 0. The van der Waals surface area contributed by atoms with Gasteiger partial charge in [0.25, 0.3) is 0 Å². The van der Waals surface area contributed by atoms with Gasteiger partial charge in [-0.2, -0.15) is 0 Å². The predicted molar refractivity (Wildman–Crippen MR) is 48.9 cm³/mol. The molecule has 0 aromatic carbocycles. The minimum atomic E-state index is 0.0903. The average Bonchev–Trinajstić information content (AvgIpc) is 2.12. The highest BCUT2D eigenvalue weighted by Gasteiger charge is 2.38. The van der Waals surface area contributed by atoms with Crippen LogP contribution in [0.15, 0.2) is 12.2 Å². The van der Waals surface area contributed by atoms with Gasteiger partial charge in [0.2, 0.25) is 0 Å². The van der Waals surface area contributed by atoms with Crippen molar-refractivity contribution in [1.29, 1.82) is 0 Å². The van der Waals surface area contributed by atoms with Crippen LogP contribution in [-0.4, -0.2) is 5.78 Å². The molecular formula is C11H16O. The topological polar surface area (TPSA) is 17.1 Å². The zero-order chi connectivity index (χ0) is 8.44. The van der Waals surface area contributed by atoms with Crippen molar-refractivity contribution in [3.8, 4) is 0 Å². The van der Waals surface area contributed by atoms with Crippen molar-refractivity contribution in [1.82, 2.24) is 0 Å². The van der Waals surface area contributed by atoms with E-state index in [0.29, 0.717) is 5.78 Å². The van der Waals surface area contributed by atoms with E-state index in [1.165, 1.54) is 19.3 Å². The van der Waals surface area contributed by atoms with Crippen molar-refractivity contribution in [2.45, 2.75) is 44.9 Å². The van der Waals surface area contributed by atoms with Gasteiger partial charge in [0.15, 0.2) is 5.78 Å². The smallest absolute Gasteiger partial charge is 0.161 e. The molecular weight excluding hydrogens is 148 g/mol. The first-order chi connectivity index (χ1) is 5.83. The molecule has 0 bridgehead atoms. The molecule has 1 saturated carbocycles. The van der Waals surface area contributed by atoms with Crippen LogP contribution in [0.25, 0.3) is 0 Å². The van der Waals surface area contributed by atoms with E-state index >= 15 is 0 Å². The minimum absolute atomic E-state index is 0.0903. The fourth-order valence-corrected chi connectivity index (χ4v) is 2.57. The van der Waals surface area contributed by atoms with Gasteiger partial charge in [0.05, 0.1) is 0 Å². The molecule has 0 atom stereocenters. The van der Waals surface area contributed by atoms with Crippen molar-refractivity contribution in [3.63, 3.8) is 0 Å². The van der Waals surface area contributed by atoms with Crippen LogP contribution in [0.2, 0.25) is 0 Å². The zero-order valence-corrected chi connectivity index (χ0v) is 7.51. The van der Waals surface area contributed by atoms with E-state index in [-0.39, 0.29) is 5.41 Å². The quantitative estimate of drug-likeness (QED) is 0.538. The molecule has 0 heterocycles. The molecule has 0 radical (unpaired) electrons. The maximum atomic E-state index is 11.7. The first-order valence-corrected chi connectivity index (χ1v) is 5.05. The Morgan fingerprint density at radius 2 is 1.83 bits per heavy atom. The van der Waals surface area contributed by atoms with Crippen molar-refractivity contribution in [2.24, 2.45) is 5.41 Å². The van der Waals surface area contributed by atoms with Crippen LogP contribution in [0.1, 0.15) is 44.9 Å².